The van der Waals surface area contributed by atoms with Crippen LogP contribution in [-0.2, 0) is 94.4 Å². The second kappa shape index (κ2) is 56.9. The lowest BCUT2D eigenvalue weighted by Crippen LogP contribution is -2.69. The Labute approximate surface area is 821 Å². The van der Waals surface area contributed by atoms with Gasteiger partial charge in [0.2, 0.25) is 0 Å². The first kappa shape index (κ1) is 123. The molecule has 0 spiro atoms. The third-order valence-corrected chi connectivity index (χ3v) is 29.7. The van der Waals surface area contributed by atoms with Crippen molar-refractivity contribution in [1.29, 1.82) is 0 Å². The average Bonchev–Trinajstić information content (AvgIpc) is 0.780. The Bertz CT molecular complexity index is 4240. The van der Waals surface area contributed by atoms with Crippen molar-refractivity contribution >= 4 is 42.2 Å². The van der Waals surface area contributed by atoms with Crippen molar-refractivity contribution in [3.05, 3.63) is 57.6 Å². The molecule has 6 aliphatic heterocycles. The molecule has 6 heterocycles. The van der Waals surface area contributed by atoms with Crippen LogP contribution >= 0.6 is 10.7 Å². The van der Waals surface area contributed by atoms with E-state index in [9.17, 15) is 97.9 Å². The molecule has 54 heteroatoms. The zero-order chi connectivity index (χ0) is 105. The van der Waals surface area contributed by atoms with Crippen LogP contribution in [0.15, 0.2) is 34.1 Å². The zero-order valence-corrected chi connectivity index (χ0v) is 84.8. The van der Waals surface area contributed by atoms with E-state index in [2.05, 4.69) is 67.4 Å². The number of carbonyl (C=O) groups excluding carboxylic acids is 2. The maximum atomic E-state index is 13.3. The first-order valence-corrected chi connectivity index (χ1v) is 50.2. The number of aryl methyl sites for hydroxylation is 6. The van der Waals surface area contributed by atoms with Gasteiger partial charge in [-0.05, 0) is 173 Å². The monoisotopic (exact) mass is 2080 g/mol. The van der Waals surface area contributed by atoms with Crippen LogP contribution < -0.4 is 81.8 Å². The van der Waals surface area contributed by atoms with Crippen LogP contribution in [0.2, 0.25) is 0 Å². The van der Waals surface area contributed by atoms with Gasteiger partial charge in [-0.1, -0.05) is 35.4 Å². The van der Waals surface area contributed by atoms with E-state index < -0.39 is 278 Å². The Morgan fingerprint density at radius 1 is 0.379 bits per heavy atom. The van der Waals surface area contributed by atoms with Crippen LogP contribution in [0.25, 0.3) is 0 Å². The molecule has 42 atom stereocenters. The van der Waals surface area contributed by atoms with Crippen LogP contribution in [-0.4, -0.2) is 482 Å². The van der Waals surface area contributed by atoms with Crippen LogP contribution in [0, 0.1) is 41.5 Å². The van der Waals surface area contributed by atoms with E-state index in [1.54, 1.807) is 110 Å². The molecular formula is C86H158ClN15O36S2. The molecule has 2 aromatic rings. The van der Waals surface area contributed by atoms with Crippen molar-refractivity contribution in [2.75, 3.05) is 124 Å². The molecule has 6 saturated heterocycles. The molecule has 34 N–H and O–H groups in total. The summed E-state index contributed by atoms with van der Waals surface area (Å²) in [5, 5.41) is 179. The van der Waals surface area contributed by atoms with Gasteiger partial charge < -0.3 is 224 Å². The minimum Gasteiger partial charge on any atom is -0.437 e. The second-order valence-corrected chi connectivity index (χ2v) is 40.4. The highest BCUT2D eigenvalue weighted by Gasteiger charge is 2.57. The second-order valence-electron chi connectivity index (χ2n) is 36.3. The van der Waals surface area contributed by atoms with E-state index in [1.807, 2.05) is 26.0 Å². The normalized spacial score (nSPS) is 39.7. The summed E-state index contributed by atoms with van der Waals surface area (Å²) in [6, 6.07) is 0.0275. The number of nitrogens with one attached hydrogen (secondary N) is 10. The molecule has 0 bridgehead atoms. The fraction of sp³-hybridized carbons (Fsp3) is 0.837. The average molecular weight is 2080 g/mol. The Hall–Kier alpha value is -4.31. The minimum absolute atomic E-state index is 0.0444. The number of hydrogen-bond donors (Lipinski definition) is 29. The van der Waals surface area contributed by atoms with Gasteiger partial charge in [0.25, 0.3) is 19.2 Å². The first-order chi connectivity index (χ1) is 66.0. The van der Waals surface area contributed by atoms with E-state index in [1.165, 1.54) is 0 Å². The smallest absolute Gasteiger partial charge is 0.437 e. The molecule has 3 saturated carbocycles. The molecule has 2 aromatic carbocycles. The number of rotatable bonds is 32. The van der Waals surface area contributed by atoms with E-state index in [0.29, 0.717) is 61.0 Å². The number of halogens is 1. The first-order valence-electron chi connectivity index (χ1n) is 46.5. The van der Waals surface area contributed by atoms with Gasteiger partial charge in [0.15, 0.2) is 37.7 Å². The lowest BCUT2D eigenvalue weighted by Gasteiger charge is -2.49. The molecule has 9 aliphatic rings. The van der Waals surface area contributed by atoms with E-state index in [4.69, 9.17) is 100 Å². The van der Waals surface area contributed by atoms with Gasteiger partial charge in [-0.2, -0.15) is 8.42 Å². The summed E-state index contributed by atoms with van der Waals surface area (Å²) < 4.78 is 138. The molecule has 3 aliphatic carbocycles. The third-order valence-electron chi connectivity index (χ3n) is 26.5. The Balaban J connectivity index is 0.000000261. The standard InChI is InChI=1S/C32H57N5O11S.C23H47N5O9.C18H37N5O9.C9H11ClO2S.C4H6O5/c1-15-9-16(2)30(17(3)10-15)49(42,43)44-14-23-25(39)24(37-8)26(40)32(46-23)48-29-19(35-6)11-18(34-5)28(27(29)41)47-31-20(36-7)12-21(38)22(45-31)13-33-4;1-24-8-14-13(30)7-12(27-4)22(34-14)36-20-10(25-2)6-11(26-3)21(19(20)33)37-23-18(32)16(28-5)17(31)15(9-29)35-23;19-3-9-8(25)2-7(22)17(29-9)31-15-5(20)1-6(21)16(14(15)28)32-18-13(27)11(23)12(26)10(4-24)30-18;1-6-4-7(2)9(8(3)5-6)13(10,11)12;1-7-3(5)9-4(6)8-2/h9-10,18-29,31-41H,11-14H2,1-8H3;10-33H,6-9H2,1-5H3;5-18,24-28H,1-4,19-23H2;4-5H,1-3H3;1-2H3. The third kappa shape index (κ3) is 31.4. The summed E-state index contributed by atoms with van der Waals surface area (Å²) in [5.41, 5.74) is 34.2. The van der Waals surface area contributed by atoms with Crippen molar-refractivity contribution in [3.63, 3.8) is 0 Å². The molecule has 0 aromatic heterocycles. The summed E-state index contributed by atoms with van der Waals surface area (Å²) in [6.07, 6.45) is -31.0. The lowest BCUT2D eigenvalue weighted by atomic mass is 9.83. The summed E-state index contributed by atoms with van der Waals surface area (Å²) in [4.78, 5) is 20.4. The van der Waals surface area contributed by atoms with Crippen molar-refractivity contribution in [3.8, 4) is 0 Å². The highest BCUT2D eigenvalue weighted by Crippen LogP contribution is 2.39. The Kier molecular flexibility index (Phi) is 49.8. The molecule has 9 fully saturated rings. The van der Waals surface area contributed by atoms with Gasteiger partial charge in [-0.25, -0.2) is 18.0 Å². The molecule has 0 amide bonds. The van der Waals surface area contributed by atoms with E-state index in [0.717, 1.165) is 25.3 Å². The zero-order valence-electron chi connectivity index (χ0n) is 82.4. The predicted octanol–water partition coefficient (Wildman–Crippen LogP) is -10.9. The molecule has 42 unspecified atom stereocenters. The highest BCUT2D eigenvalue weighted by atomic mass is 35.7. The molecule has 11 rings (SSSR count). The highest BCUT2D eigenvalue weighted by molar-refractivity contribution is 8.13. The number of aliphatic hydroxyl groups is 14. The van der Waals surface area contributed by atoms with Gasteiger partial charge in [0.05, 0.1) is 117 Å². The molecule has 0 radical (unpaired) electrons. The van der Waals surface area contributed by atoms with Crippen LogP contribution in [0.4, 0.5) is 9.59 Å². The predicted molar refractivity (Wildman–Crippen MR) is 500 cm³/mol. The number of hydrogen-bond acceptors (Lipinski definition) is 51. The maximum absolute atomic E-state index is 13.3. The summed E-state index contributed by atoms with van der Waals surface area (Å²) in [5.74, 6) is 0. The minimum atomic E-state index is -4.24. The Morgan fingerprint density at radius 3 is 1.06 bits per heavy atom. The number of benzene rings is 2. The number of ether oxygens (including phenoxy) is 15. The van der Waals surface area contributed by atoms with Gasteiger partial charge in [0.1, 0.15) is 110 Å². The van der Waals surface area contributed by atoms with Crippen LogP contribution in [0.5, 0.6) is 0 Å². The summed E-state index contributed by atoms with van der Waals surface area (Å²) in [6.45, 7) is 9.98. The fourth-order valence-corrected chi connectivity index (χ4v) is 22.1. The number of aliphatic hydroxyl groups excluding tert-OH is 14. The maximum Gasteiger partial charge on any atom is 0.518 e. The Morgan fingerprint density at radius 2 is 0.700 bits per heavy atom. The quantitative estimate of drug-likeness (QED) is 0.0140. The van der Waals surface area contributed by atoms with Gasteiger partial charge >= 0.3 is 12.3 Å². The van der Waals surface area contributed by atoms with Crippen molar-refractivity contribution < 1.29 is 173 Å². The van der Waals surface area contributed by atoms with Gasteiger partial charge in [-0.3, -0.25) is 4.18 Å². The molecular weight excluding hydrogens is 1920 g/mol. The van der Waals surface area contributed by atoms with Gasteiger partial charge in [-0.15, -0.1) is 0 Å². The topological polar surface area (TPSA) is 784 Å². The molecule has 51 nitrogen and oxygen atoms in total. The van der Waals surface area contributed by atoms with Crippen molar-refractivity contribution in [2.45, 2.75) is 347 Å². The number of methoxy groups -OCH3 is 2. The molecule has 812 valence electrons. The summed E-state index contributed by atoms with van der Waals surface area (Å²) in [7, 11) is 16.8. The van der Waals surface area contributed by atoms with E-state index >= 15 is 0 Å². The van der Waals surface area contributed by atoms with Crippen molar-refractivity contribution in [1.82, 2.24) is 53.2 Å². The fourth-order valence-electron chi connectivity index (χ4n) is 19.1. The SMILES string of the molecule is CNCC1OC(OC2C(NC)CC(NC)C(OC3OC(CO)C(O)C(NC)C3O)C2O)C(NC)CC1O.CNCC1OC(OC2C(NC)CC(NC)C(OC3OC(COS(=O)(=O)c4c(C)cc(C)cc4C)C(O)C(NC)C3O)C2O)C(NC)CC1O.COC(=O)OC(=O)OC.Cc1cc(C)c(S(=O)(=O)Cl)c(C)c1.NCC1OC(OC2C(N)CC(N)C(OC3OC(CO)C(O)C(N)C3O)C2O)C(N)CC1O. The number of carbonyl (C=O) groups is 2. The number of likely N-dealkylation sites (N-methyl/N-ethyl adjacent to an activating group) is 10. The number of nitrogens with two attached hydrogens (primary N) is 5. The largest absolute Gasteiger partial charge is 0.518 e. The summed E-state index contributed by atoms with van der Waals surface area (Å²) >= 11 is 0. The molecule has 140 heavy (non-hydrogen) atoms. The van der Waals surface area contributed by atoms with Crippen LogP contribution in [0.3, 0.4) is 0 Å². The lowest BCUT2D eigenvalue weighted by molar-refractivity contribution is -0.318. The van der Waals surface area contributed by atoms with Crippen molar-refractivity contribution in [2.24, 2.45) is 28.7 Å². The van der Waals surface area contributed by atoms with Gasteiger partial charge in [0, 0.05) is 66.6 Å². The van der Waals surface area contributed by atoms with Crippen LogP contribution in [0.1, 0.15) is 71.9 Å². The van der Waals surface area contributed by atoms with E-state index in [-0.39, 0.29) is 59.4 Å².